The summed E-state index contributed by atoms with van der Waals surface area (Å²) in [5.41, 5.74) is 0.917. The van der Waals surface area contributed by atoms with Crippen molar-refractivity contribution in [1.82, 2.24) is 9.88 Å². The zero-order chi connectivity index (χ0) is 13.5. The van der Waals surface area contributed by atoms with Crippen LogP contribution in [0, 0.1) is 0 Å². The van der Waals surface area contributed by atoms with E-state index in [1.165, 1.54) is 17.5 Å². The molecule has 2 aromatic rings. The predicted octanol–water partition coefficient (Wildman–Crippen LogP) is 2.90. The maximum absolute atomic E-state index is 12.7. The summed E-state index contributed by atoms with van der Waals surface area (Å²) in [5, 5.41) is 0.719. The van der Waals surface area contributed by atoms with Crippen LogP contribution in [0.25, 0.3) is 10.6 Å². The lowest BCUT2D eigenvalue weighted by molar-refractivity contribution is -0.112. The molecule has 0 atom stereocenters. The first-order valence-electron chi connectivity index (χ1n) is 5.73. The van der Waals surface area contributed by atoms with Gasteiger partial charge in [-0.15, -0.1) is 11.3 Å². The summed E-state index contributed by atoms with van der Waals surface area (Å²) in [6.07, 6.45) is 1.45. The lowest BCUT2D eigenvalue weighted by Gasteiger charge is -2.38. The van der Waals surface area contributed by atoms with Crippen LogP contribution in [0.3, 0.4) is 0 Å². The third kappa shape index (κ3) is 2.35. The Balaban J connectivity index is 1.77. The number of benzene rings is 1. The standard InChI is InChI=1S/C13H10F2N2OS/c14-13(15)7-17(8-13)12(18)10-6-16-11(19-10)9-4-2-1-3-5-9/h1-6H,7-8H2. The third-order valence-corrected chi connectivity index (χ3v) is 3.90. The van der Waals surface area contributed by atoms with Crippen LogP contribution in [0.2, 0.25) is 0 Å². The van der Waals surface area contributed by atoms with Crippen molar-refractivity contribution in [2.24, 2.45) is 0 Å². The van der Waals surface area contributed by atoms with E-state index in [1.807, 2.05) is 30.3 Å². The van der Waals surface area contributed by atoms with Crippen LogP contribution in [0.5, 0.6) is 0 Å². The zero-order valence-electron chi connectivity index (χ0n) is 9.85. The molecule has 98 valence electrons. The number of halogens is 2. The summed E-state index contributed by atoms with van der Waals surface area (Å²) in [6, 6.07) is 9.45. The Bertz CT molecular complexity index is 604. The predicted molar refractivity (Wildman–Crippen MR) is 68.4 cm³/mol. The molecule has 2 heterocycles. The Morgan fingerprint density at radius 3 is 2.58 bits per heavy atom. The number of rotatable bonds is 2. The number of carbonyl (C=O) groups excluding carboxylic acids is 1. The number of hydrogen-bond acceptors (Lipinski definition) is 3. The molecule has 0 unspecified atom stereocenters. The largest absolute Gasteiger partial charge is 0.326 e. The van der Waals surface area contributed by atoms with Crippen molar-refractivity contribution in [1.29, 1.82) is 0 Å². The molecule has 3 nitrogen and oxygen atoms in total. The molecule has 0 saturated carbocycles. The smallest absolute Gasteiger partial charge is 0.282 e. The Kier molecular flexibility index (Phi) is 2.82. The van der Waals surface area contributed by atoms with Gasteiger partial charge in [-0.25, -0.2) is 13.8 Å². The lowest BCUT2D eigenvalue weighted by atomic mass is 10.1. The number of aromatic nitrogens is 1. The van der Waals surface area contributed by atoms with Crippen LogP contribution in [0.4, 0.5) is 8.78 Å². The molecular weight excluding hydrogens is 270 g/mol. The molecule has 1 aliphatic rings. The SMILES string of the molecule is O=C(c1cnc(-c2ccccc2)s1)N1CC(F)(F)C1. The molecular formula is C13H10F2N2OS. The minimum Gasteiger partial charge on any atom is -0.326 e. The Labute approximate surface area is 112 Å². The number of nitrogens with zero attached hydrogens (tertiary/aromatic N) is 2. The number of hydrogen-bond donors (Lipinski definition) is 0. The number of likely N-dealkylation sites (tertiary alicyclic amines) is 1. The van der Waals surface area contributed by atoms with Gasteiger partial charge in [-0.1, -0.05) is 30.3 Å². The van der Waals surface area contributed by atoms with Gasteiger partial charge in [0.25, 0.3) is 11.8 Å². The summed E-state index contributed by atoms with van der Waals surface area (Å²) < 4.78 is 25.5. The van der Waals surface area contributed by atoms with Gasteiger partial charge in [0, 0.05) is 5.56 Å². The molecule has 1 saturated heterocycles. The fraction of sp³-hybridized carbons (Fsp3) is 0.231. The topological polar surface area (TPSA) is 33.2 Å². The zero-order valence-corrected chi connectivity index (χ0v) is 10.7. The molecule has 1 aromatic heterocycles. The molecule has 0 aliphatic carbocycles. The first kappa shape index (κ1) is 12.2. The summed E-state index contributed by atoms with van der Waals surface area (Å²) >= 11 is 1.22. The molecule has 1 fully saturated rings. The maximum atomic E-state index is 12.7. The molecule has 1 aliphatic heterocycles. The van der Waals surface area contributed by atoms with Gasteiger partial charge in [0.2, 0.25) is 0 Å². The van der Waals surface area contributed by atoms with E-state index >= 15 is 0 Å². The van der Waals surface area contributed by atoms with Crippen molar-refractivity contribution in [3.05, 3.63) is 41.4 Å². The van der Waals surface area contributed by atoms with Gasteiger partial charge < -0.3 is 4.90 Å². The summed E-state index contributed by atoms with van der Waals surface area (Å²) in [7, 11) is 0. The first-order chi connectivity index (χ1) is 9.05. The number of thiazole rings is 1. The molecule has 0 radical (unpaired) electrons. The van der Waals surface area contributed by atoms with Crippen molar-refractivity contribution in [3.63, 3.8) is 0 Å². The van der Waals surface area contributed by atoms with Crippen LogP contribution < -0.4 is 0 Å². The molecule has 19 heavy (non-hydrogen) atoms. The van der Waals surface area contributed by atoms with E-state index in [0.717, 1.165) is 15.5 Å². The highest BCUT2D eigenvalue weighted by Gasteiger charge is 2.46. The Hall–Kier alpha value is -1.82. The second-order valence-electron chi connectivity index (χ2n) is 4.41. The maximum Gasteiger partial charge on any atom is 0.282 e. The number of alkyl halides is 2. The highest BCUT2D eigenvalue weighted by molar-refractivity contribution is 7.16. The second-order valence-corrected chi connectivity index (χ2v) is 5.44. The van der Waals surface area contributed by atoms with Crippen molar-refractivity contribution in [3.8, 4) is 10.6 Å². The van der Waals surface area contributed by atoms with Crippen LogP contribution in [-0.2, 0) is 0 Å². The van der Waals surface area contributed by atoms with Crippen molar-refractivity contribution in [2.75, 3.05) is 13.1 Å². The van der Waals surface area contributed by atoms with E-state index in [4.69, 9.17) is 0 Å². The quantitative estimate of drug-likeness (QED) is 0.847. The highest BCUT2D eigenvalue weighted by Crippen LogP contribution is 2.31. The highest BCUT2D eigenvalue weighted by atomic mass is 32.1. The minimum absolute atomic E-state index is 0.370. The van der Waals surface area contributed by atoms with Crippen LogP contribution in [0.1, 0.15) is 9.67 Å². The van der Waals surface area contributed by atoms with Crippen molar-refractivity contribution in [2.45, 2.75) is 5.92 Å². The lowest BCUT2D eigenvalue weighted by Crippen LogP contribution is -2.58. The fourth-order valence-electron chi connectivity index (χ4n) is 1.90. The van der Waals surface area contributed by atoms with E-state index in [2.05, 4.69) is 4.98 Å². The second kappa shape index (κ2) is 4.38. The summed E-state index contributed by atoms with van der Waals surface area (Å²) in [5.74, 6) is -3.10. The van der Waals surface area contributed by atoms with E-state index in [9.17, 15) is 13.6 Å². The number of carbonyl (C=O) groups is 1. The van der Waals surface area contributed by atoms with Crippen LogP contribution >= 0.6 is 11.3 Å². The molecule has 0 spiro atoms. The van der Waals surface area contributed by atoms with Gasteiger partial charge in [0.05, 0.1) is 19.3 Å². The summed E-state index contributed by atoms with van der Waals surface area (Å²) in [6.45, 7) is -0.991. The van der Waals surface area contributed by atoms with Crippen LogP contribution in [0.15, 0.2) is 36.5 Å². The molecule has 1 aromatic carbocycles. The minimum atomic E-state index is -2.73. The Morgan fingerprint density at radius 2 is 1.95 bits per heavy atom. The van der Waals surface area contributed by atoms with E-state index in [0.29, 0.717) is 4.88 Å². The Morgan fingerprint density at radius 1 is 1.26 bits per heavy atom. The number of amides is 1. The average Bonchev–Trinajstić information content (AvgIpc) is 2.85. The molecule has 3 rings (SSSR count). The van der Waals surface area contributed by atoms with Gasteiger partial charge >= 0.3 is 0 Å². The van der Waals surface area contributed by atoms with Crippen molar-refractivity contribution >= 4 is 17.2 Å². The van der Waals surface area contributed by atoms with Crippen LogP contribution in [-0.4, -0.2) is 34.8 Å². The fourth-order valence-corrected chi connectivity index (χ4v) is 2.79. The normalized spacial score (nSPS) is 17.1. The van der Waals surface area contributed by atoms with E-state index in [1.54, 1.807) is 0 Å². The van der Waals surface area contributed by atoms with Gasteiger partial charge in [-0.05, 0) is 0 Å². The monoisotopic (exact) mass is 280 g/mol. The van der Waals surface area contributed by atoms with E-state index in [-0.39, 0.29) is 5.91 Å². The molecule has 0 N–H and O–H groups in total. The summed E-state index contributed by atoms with van der Waals surface area (Å²) in [4.78, 5) is 17.6. The van der Waals surface area contributed by atoms with E-state index < -0.39 is 19.0 Å². The molecule has 6 heteroatoms. The van der Waals surface area contributed by atoms with Gasteiger partial charge in [0.1, 0.15) is 9.88 Å². The van der Waals surface area contributed by atoms with Crippen molar-refractivity contribution < 1.29 is 13.6 Å². The molecule has 1 amide bonds. The average molecular weight is 280 g/mol. The van der Waals surface area contributed by atoms with Gasteiger partial charge in [-0.3, -0.25) is 4.79 Å². The third-order valence-electron chi connectivity index (χ3n) is 2.87. The van der Waals surface area contributed by atoms with Gasteiger partial charge in [0.15, 0.2) is 0 Å². The first-order valence-corrected chi connectivity index (χ1v) is 6.55. The molecule has 0 bridgehead atoms. The van der Waals surface area contributed by atoms with Gasteiger partial charge in [-0.2, -0.15) is 0 Å².